The lowest BCUT2D eigenvalue weighted by Gasteiger charge is -2.11. The molecule has 6 heteroatoms. The number of methoxy groups -OCH3 is 1. The van der Waals surface area contributed by atoms with Crippen molar-refractivity contribution in [3.05, 3.63) is 60.1 Å². The first-order valence-corrected chi connectivity index (χ1v) is 7.40. The van der Waals surface area contributed by atoms with Crippen molar-refractivity contribution in [2.75, 3.05) is 13.7 Å². The van der Waals surface area contributed by atoms with Gasteiger partial charge in [0.1, 0.15) is 11.5 Å². The molecule has 1 atom stereocenters. The molecule has 0 aliphatic heterocycles. The second kappa shape index (κ2) is 8.57. The van der Waals surface area contributed by atoms with Crippen molar-refractivity contribution in [3.63, 3.8) is 0 Å². The zero-order valence-electron chi connectivity index (χ0n) is 13.5. The number of ether oxygens (including phenoxy) is 2. The van der Waals surface area contributed by atoms with E-state index in [1.807, 2.05) is 0 Å². The highest BCUT2D eigenvalue weighted by molar-refractivity contribution is 5.89. The van der Waals surface area contributed by atoms with Gasteiger partial charge in [0.05, 0.1) is 19.4 Å². The van der Waals surface area contributed by atoms with Gasteiger partial charge in [0, 0.05) is 6.08 Å². The monoisotopic (exact) mass is 329 g/mol. The molecule has 126 valence electrons. The predicted molar refractivity (Wildman–Crippen MR) is 88.3 cm³/mol. The van der Waals surface area contributed by atoms with E-state index in [0.29, 0.717) is 5.76 Å². The summed E-state index contributed by atoms with van der Waals surface area (Å²) >= 11 is 0. The molecule has 1 aromatic carbocycles. The lowest BCUT2D eigenvalue weighted by Crippen LogP contribution is -2.30. The Kier molecular flexibility index (Phi) is 6.19. The van der Waals surface area contributed by atoms with Gasteiger partial charge in [-0.1, -0.05) is 12.1 Å². The molecule has 1 aromatic heterocycles. The maximum absolute atomic E-state index is 11.7. The van der Waals surface area contributed by atoms with Crippen LogP contribution in [0.3, 0.4) is 0 Å². The fourth-order valence-electron chi connectivity index (χ4n) is 1.96. The molecular weight excluding hydrogens is 310 g/mol. The Morgan fingerprint density at radius 3 is 2.62 bits per heavy atom. The summed E-state index contributed by atoms with van der Waals surface area (Å²) in [6.07, 6.45) is 4.40. The molecule has 0 bridgehead atoms. The summed E-state index contributed by atoms with van der Waals surface area (Å²) in [6.45, 7) is 1.43. The molecule has 0 radical (unpaired) electrons. The summed E-state index contributed by atoms with van der Waals surface area (Å²) in [4.78, 5) is 23.4. The van der Waals surface area contributed by atoms with Gasteiger partial charge < -0.3 is 19.2 Å². The summed E-state index contributed by atoms with van der Waals surface area (Å²) in [5, 5.41) is 2.68. The van der Waals surface area contributed by atoms with Crippen molar-refractivity contribution < 1.29 is 23.5 Å². The molecule has 1 amide bonds. The quantitative estimate of drug-likeness (QED) is 0.624. The number of hydrogen-bond acceptors (Lipinski definition) is 5. The van der Waals surface area contributed by atoms with E-state index in [-0.39, 0.29) is 12.6 Å². The van der Waals surface area contributed by atoms with Gasteiger partial charge in [0.2, 0.25) is 0 Å². The van der Waals surface area contributed by atoms with Crippen LogP contribution in [-0.4, -0.2) is 25.6 Å². The SMILES string of the molecule is COc1ccc(/C=C/C(=O)OCC(=O)N[C@H](C)c2ccco2)cc1. The molecule has 24 heavy (non-hydrogen) atoms. The third kappa shape index (κ3) is 5.31. The fourth-order valence-corrected chi connectivity index (χ4v) is 1.96. The standard InChI is InChI=1S/C18H19NO5/c1-13(16-4-3-11-23-16)19-17(20)12-24-18(21)10-7-14-5-8-15(22-2)9-6-14/h3-11,13H,12H2,1-2H3,(H,19,20)/b10-7+/t13-/m1/s1. The number of hydrogen-bond donors (Lipinski definition) is 1. The van der Waals surface area contributed by atoms with Gasteiger partial charge in [-0.15, -0.1) is 0 Å². The molecule has 0 saturated heterocycles. The van der Waals surface area contributed by atoms with E-state index in [1.54, 1.807) is 56.5 Å². The van der Waals surface area contributed by atoms with Crippen LogP contribution in [0.5, 0.6) is 5.75 Å². The van der Waals surface area contributed by atoms with Crippen LogP contribution in [-0.2, 0) is 14.3 Å². The Balaban J connectivity index is 1.75. The average molecular weight is 329 g/mol. The molecule has 0 fully saturated rings. The second-order valence-corrected chi connectivity index (χ2v) is 5.02. The lowest BCUT2D eigenvalue weighted by molar-refractivity contribution is -0.144. The van der Waals surface area contributed by atoms with Crippen LogP contribution in [0, 0.1) is 0 Å². The number of carbonyl (C=O) groups is 2. The van der Waals surface area contributed by atoms with Crippen LogP contribution in [0.1, 0.15) is 24.3 Å². The van der Waals surface area contributed by atoms with Gasteiger partial charge in [-0.2, -0.15) is 0 Å². The Labute approximate surface area is 140 Å². The number of carbonyl (C=O) groups excluding carboxylic acids is 2. The minimum absolute atomic E-state index is 0.291. The van der Waals surface area contributed by atoms with Crippen LogP contribution < -0.4 is 10.1 Å². The molecule has 0 saturated carbocycles. The summed E-state index contributed by atoms with van der Waals surface area (Å²) < 4.78 is 15.1. The Morgan fingerprint density at radius 1 is 1.25 bits per heavy atom. The average Bonchev–Trinajstić information content (AvgIpc) is 3.13. The topological polar surface area (TPSA) is 77.8 Å². The van der Waals surface area contributed by atoms with E-state index >= 15 is 0 Å². The van der Waals surface area contributed by atoms with Gasteiger partial charge in [-0.3, -0.25) is 4.79 Å². The Morgan fingerprint density at radius 2 is 2.00 bits per heavy atom. The number of amides is 1. The first kappa shape index (κ1) is 17.3. The molecule has 2 rings (SSSR count). The highest BCUT2D eigenvalue weighted by atomic mass is 16.5. The Bertz CT molecular complexity index is 689. The molecule has 6 nitrogen and oxygen atoms in total. The molecule has 1 heterocycles. The Hall–Kier alpha value is -3.02. The highest BCUT2D eigenvalue weighted by Gasteiger charge is 2.12. The number of nitrogens with one attached hydrogen (secondary N) is 1. The van der Waals surface area contributed by atoms with E-state index in [2.05, 4.69) is 5.32 Å². The highest BCUT2D eigenvalue weighted by Crippen LogP contribution is 2.13. The summed E-state index contributed by atoms with van der Waals surface area (Å²) in [5.74, 6) is 0.378. The third-order valence-electron chi connectivity index (χ3n) is 3.22. The second-order valence-electron chi connectivity index (χ2n) is 5.02. The van der Waals surface area contributed by atoms with Crippen molar-refractivity contribution in [2.24, 2.45) is 0 Å². The zero-order chi connectivity index (χ0) is 17.4. The molecule has 0 aliphatic carbocycles. The number of furan rings is 1. The minimum Gasteiger partial charge on any atom is -0.497 e. The van der Waals surface area contributed by atoms with Crippen molar-refractivity contribution in [2.45, 2.75) is 13.0 Å². The molecule has 1 N–H and O–H groups in total. The van der Waals surface area contributed by atoms with Crippen molar-refractivity contribution >= 4 is 18.0 Å². The lowest BCUT2D eigenvalue weighted by atomic mass is 10.2. The largest absolute Gasteiger partial charge is 0.497 e. The van der Waals surface area contributed by atoms with Crippen LogP contribution >= 0.6 is 0 Å². The zero-order valence-corrected chi connectivity index (χ0v) is 13.5. The van der Waals surface area contributed by atoms with Crippen LogP contribution in [0.4, 0.5) is 0 Å². The first-order valence-electron chi connectivity index (χ1n) is 7.40. The van der Waals surface area contributed by atoms with Crippen molar-refractivity contribution in [1.82, 2.24) is 5.32 Å². The van der Waals surface area contributed by atoms with E-state index in [9.17, 15) is 9.59 Å². The molecule has 0 aliphatic rings. The fraction of sp³-hybridized carbons (Fsp3) is 0.222. The summed E-state index contributed by atoms with van der Waals surface area (Å²) in [7, 11) is 1.58. The van der Waals surface area contributed by atoms with E-state index in [1.165, 1.54) is 12.3 Å². The van der Waals surface area contributed by atoms with Gasteiger partial charge in [0.25, 0.3) is 5.91 Å². The first-order chi connectivity index (χ1) is 11.6. The van der Waals surface area contributed by atoms with Gasteiger partial charge in [0.15, 0.2) is 6.61 Å². The van der Waals surface area contributed by atoms with Crippen LogP contribution in [0.25, 0.3) is 6.08 Å². The van der Waals surface area contributed by atoms with Gasteiger partial charge in [-0.05, 0) is 42.8 Å². The van der Waals surface area contributed by atoms with Gasteiger partial charge >= 0.3 is 5.97 Å². The van der Waals surface area contributed by atoms with E-state index < -0.39 is 11.9 Å². The molecular formula is C18H19NO5. The minimum atomic E-state index is -0.591. The molecule has 0 spiro atoms. The summed E-state index contributed by atoms with van der Waals surface area (Å²) in [5.41, 5.74) is 0.823. The summed E-state index contributed by atoms with van der Waals surface area (Å²) in [6, 6.07) is 10.4. The maximum Gasteiger partial charge on any atom is 0.331 e. The van der Waals surface area contributed by atoms with Crippen molar-refractivity contribution in [3.8, 4) is 5.75 Å². The normalized spacial score (nSPS) is 11.9. The maximum atomic E-state index is 11.7. The third-order valence-corrected chi connectivity index (χ3v) is 3.22. The van der Waals surface area contributed by atoms with E-state index in [4.69, 9.17) is 13.9 Å². The number of rotatable bonds is 7. The number of esters is 1. The van der Waals surface area contributed by atoms with Crippen molar-refractivity contribution in [1.29, 1.82) is 0 Å². The van der Waals surface area contributed by atoms with E-state index in [0.717, 1.165) is 11.3 Å². The van der Waals surface area contributed by atoms with Crippen LogP contribution in [0.15, 0.2) is 53.2 Å². The predicted octanol–water partition coefficient (Wildman–Crippen LogP) is 2.72. The van der Waals surface area contributed by atoms with Gasteiger partial charge in [-0.25, -0.2) is 4.79 Å². The molecule has 0 unspecified atom stereocenters. The smallest absolute Gasteiger partial charge is 0.331 e. The van der Waals surface area contributed by atoms with Crippen LogP contribution in [0.2, 0.25) is 0 Å². The number of benzene rings is 1. The molecule has 2 aromatic rings.